The minimum atomic E-state index is -4.70. The third-order valence-electron chi connectivity index (χ3n) is 9.77. The lowest BCUT2D eigenvalue weighted by Crippen LogP contribution is -2.52. The number of pyridine rings is 1. The van der Waals surface area contributed by atoms with Crippen LogP contribution >= 0.6 is 23.4 Å². The maximum absolute atomic E-state index is 14.7. The molecule has 7 N–H and O–H groups in total. The number of nitrogens with zero attached hydrogens (tertiary/aromatic N) is 2. The molecule has 15 heteroatoms. The number of carbonyl (C=O) groups excluding carboxylic acids is 3. The number of ketones is 1. The van der Waals surface area contributed by atoms with Gasteiger partial charge in [0.05, 0.1) is 16.6 Å². The number of carbonyl (C=O) groups is 3. The Kier molecular flexibility index (Phi) is 14.6. The largest absolute Gasteiger partial charge is 0.416 e. The number of para-hydroxylation sites is 1. The van der Waals surface area contributed by atoms with E-state index in [9.17, 15) is 27.6 Å². The second kappa shape index (κ2) is 19.1. The normalized spacial score (nSPS) is 19.4. The second-order valence-corrected chi connectivity index (χ2v) is 14.9. The molecule has 3 heterocycles. The highest BCUT2D eigenvalue weighted by atomic mass is 35.5. The molecule has 0 aliphatic carbocycles. The number of hydrogen-bond donors (Lipinski definition) is 5. The fourth-order valence-corrected chi connectivity index (χ4v) is 8.24. The average molecular weight is 786 g/mol. The van der Waals surface area contributed by atoms with Gasteiger partial charge in [0.2, 0.25) is 11.8 Å². The van der Waals surface area contributed by atoms with Crippen molar-refractivity contribution >= 4 is 51.9 Å². The minimum Gasteiger partial charge on any atom is -0.361 e. The number of aromatic nitrogens is 2. The van der Waals surface area contributed by atoms with E-state index in [0.717, 1.165) is 40.4 Å². The van der Waals surface area contributed by atoms with E-state index in [1.165, 1.54) is 4.90 Å². The van der Waals surface area contributed by atoms with E-state index in [0.29, 0.717) is 60.7 Å². The van der Waals surface area contributed by atoms with Crippen molar-refractivity contribution in [1.29, 1.82) is 0 Å². The van der Waals surface area contributed by atoms with Crippen molar-refractivity contribution in [3.8, 4) is 0 Å². The molecule has 2 aromatic heterocycles. The van der Waals surface area contributed by atoms with Gasteiger partial charge in [-0.3, -0.25) is 14.4 Å². The van der Waals surface area contributed by atoms with E-state index in [4.69, 9.17) is 23.1 Å². The summed E-state index contributed by atoms with van der Waals surface area (Å²) in [6.07, 6.45) is 1.35. The number of amides is 2. The molecule has 0 radical (unpaired) electrons. The molecule has 2 aromatic carbocycles. The molecule has 4 aromatic rings. The SMILES string of the molecule is CCN1C(=O)[C@H](CCCCN)CC(=O)[C@H](CCCN)NCc2cccnc2Sc2c(Cl)cc(C(F)(F)F)cc2CNC(=O)[C@@H]1Cc1c[nH]c2ccccc12. The van der Waals surface area contributed by atoms with Crippen LogP contribution in [0.3, 0.4) is 0 Å². The number of Topliss-reactive ketones (excluding diaryl/α,β-unsaturated/α-hetero) is 1. The molecule has 54 heavy (non-hydrogen) atoms. The lowest BCUT2D eigenvalue weighted by atomic mass is 9.90. The molecule has 0 saturated heterocycles. The first kappa shape index (κ1) is 41.2. The average Bonchev–Trinajstić information content (AvgIpc) is 3.56. The van der Waals surface area contributed by atoms with Crippen molar-refractivity contribution in [2.75, 3.05) is 19.6 Å². The molecule has 5 rings (SSSR count). The zero-order chi connectivity index (χ0) is 38.8. The Hall–Kier alpha value is -3.95. The van der Waals surface area contributed by atoms with Crippen molar-refractivity contribution in [2.45, 2.75) is 93.1 Å². The zero-order valence-electron chi connectivity index (χ0n) is 30.2. The number of nitrogens with two attached hydrogens (primary N) is 2. The van der Waals surface area contributed by atoms with Gasteiger partial charge in [0.25, 0.3) is 0 Å². The number of likely N-dealkylation sites (N-methyl/N-ethyl adjacent to an activating group) is 1. The van der Waals surface area contributed by atoms with Gasteiger partial charge in [0.15, 0.2) is 5.78 Å². The number of halogens is 4. The fourth-order valence-electron chi connectivity index (χ4n) is 6.89. The molecule has 0 spiro atoms. The number of nitrogens with one attached hydrogen (secondary N) is 3. The molecule has 3 atom stereocenters. The van der Waals surface area contributed by atoms with Gasteiger partial charge in [-0.05, 0) is 86.7 Å². The Morgan fingerprint density at radius 2 is 1.76 bits per heavy atom. The molecule has 10 nitrogen and oxygen atoms in total. The summed E-state index contributed by atoms with van der Waals surface area (Å²) in [6.45, 7) is 2.61. The minimum absolute atomic E-state index is 0.0561. The van der Waals surface area contributed by atoms with E-state index >= 15 is 0 Å². The fraction of sp³-hybridized carbons (Fsp3) is 0.436. The van der Waals surface area contributed by atoms with Crippen LogP contribution in [-0.4, -0.2) is 64.2 Å². The lowest BCUT2D eigenvalue weighted by Gasteiger charge is -2.33. The summed E-state index contributed by atoms with van der Waals surface area (Å²) < 4.78 is 42.3. The van der Waals surface area contributed by atoms with E-state index in [2.05, 4.69) is 20.6 Å². The summed E-state index contributed by atoms with van der Waals surface area (Å²) >= 11 is 7.68. The highest BCUT2D eigenvalue weighted by Crippen LogP contribution is 2.41. The maximum atomic E-state index is 14.7. The van der Waals surface area contributed by atoms with Gasteiger partial charge < -0.3 is 32.0 Å². The summed E-state index contributed by atoms with van der Waals surface area (Å²) in [5, 5.41) is 7.40. The van der Waals surface area contributed by atoms with Crippen LogP contribution in [0.1, 0.15) is 67.7 Å². The number of benzene rings is 2. The maximum Gasteiger partial charge on any atom is 0.416 e. The number of rotatable bonds is 10. The Morgan fingerprint density at radius 3 is 2.50 bits per heavy atom. The highest BCUT2D eigenvalue weighted by molar-refractivity contribution is 7.99. The van der Waals surface area contributed by atoms with E-state index in [-0.39, 0.29) is 54.8 Å². The molecule has 0 unspecified atom stereocenters. The van der Waals surface area contributed by atoms with Crippen molar-refractivity contribution < 1.29 is 27.6 Å². The Morgan fingerprint density at radius 1 is 0.981 bits per heavy atom. The number of hydrogen-bond acceptors (Lipinski definition) is 8. The van der Waals surface area contributed by atoms with Crippen molar-refractivity contribution in [3.63, 3.8) is 0 Å². The first-order valence-corrected chi connectivity index (χ1v) is 19.4. The number of unbranched alkanes of at least 4 members (excludes halogenated alkanes) is 1. The molecule has 0 bridgehead atoms. The molecular formula is C39H47ClF3N7O3S. The summed E-state index contributed by atoms with van der Waals surface area (Å²) in [6, 6.07) is 11.3. The standard InChI is InChI=1S/C39H47ClF3N7O3S/c1-2-50-33(18-26-22-47-31-12-4-3-11-29(26)31)36(52)49-23-27-17-28(39(41,42)43)20-30(40)35(27)54-37-25(10-8-16-46-37)21-48-32(13-7-15-45)34(51)19-24(38(50)53)9-5-6-14-44/h3-4,8,10-12,16-17,20,22,24,32-33,47-48H,2,5-7,9,13-15,18-19,21,23,44-45H2,1H3,(H,49,52)/t24-,32+,33+/m1/s1. The third-order valence-corrected chi connectivity index (χ3v) is 11.4. The topological polar surface area (TPSA) is 159 Å². The molecule has 1 aliphatic heterocycles. The van der Waals surface area contributed by atoms with Gasteiger partial charge in [-0.2, -0.15) is 13.2 Å². The summed E-state index contributed by atoms with van der Waals surface area (Å²) in [7, 11) is 0. The first-order chi connectivity index (χ1) is 25.9. The third kappa shape index (κ3) is 10.2. The van der Waals surface area contributed by atoms with Gasteiger partial charge in [0.1, 0.15) is 11.1 Å². The van der Waals surface area contributed by atoms with Crippen LogP contribution < -0.4 is 22.1 Å². The predicted octanol–water partition coefficient (Wildman–Crippen LogP) is 6.38. The van der Waals surface area contributed by atoms with E-state index in [1.807, 2.05) is 30.3 Å². The highest BCUT2D eigenvalue weighted by Gasteiger charge is 2.36. The van der Waals surface area contributed by atoms with Crippen LogP contribution in [0.5, 0.6) is 0 Å². The first-order valence-electron chi connectivity index (χ1n) is 18.3. The van der Waals surface area contributed by atoms with Crippen LogP contribution in [0.25, 0.3) is 10.9 Å². The number of H-pyrrole nitrogens is 1. The van der Waals surface area contributed by atoms with Gasteiger partial charge in [-0.1, -0.05) is 54.0 Å². The van der Waals surface area contributed by atoms with Crippen molar-refractivity contribution in [1.82, 2.24) is 25.5 Å². The molecule has 290 valence electrons. The van der Waals surface area contributed by atoms with Crippen LogP contribution in [0.15, 0.2) is 70.8 Å². The van der Waals surface area contributed by atoms with Crippen LogP contribution in [0.4, 0.5) is 13.2 Å². The van der Waals surface area contributed by atoms with Gasteiger partial charge >= 0.3 is 6.18 Å². The Labute approximate surface area is 322 Å². The van der Waals surface area contributed by atoms with Crippen LogP contribution in [0.2, 0.25) is 5.02 Å². The number of aromatic amines is 1. The monoisotopic (exact) mass is 785 g/mol. The second-order valence-electron chi connectivity index (χ2n) is 13.5. The quantitative estimate of drug-likeness (QED) is 0.116. The Bertz CT molecular complexity index is 1920. The summed E-state index contributed by atoms with van der Waals surface area (Å²) in [5.41, 5.74) is 13.2. The Balaban J connectivity index is 1.63. The van der Waals surface area contributed by atoms with E-state index in [1.54, 1.807) is 25.4 Å². The molecule has 2 amide bonds. The van der Waals surface area contributed by atoms with Crippen molar-refractivity contribution in [3.05, 3.63) is 88.2 Å². The summed E-state index contributed by atoms with van der Waals surface area (Å²) in [5.74, 6) is -1.80. The zero-order valence-corrected chi connectivity index (χ0v) is 31.8. The van der Waals surface area contributed by atoms with E-state index < -0.39 is 35.6 Å². The lowest BCUT2D eigenvalue weighted by molar-refractivity contribution is -0.145. The van der Waals surface area contributed by atoms with Crippen LogP contribution in [0, 0.1) is 5.92 Å². The van der Waals surface area contributed by atoms with Gasteiger partial charge in [-0.25, -0.2) is 4.98 Å². The predicted molar refractivity (Wildman–Crippen MR) is 205 cm³/mol. The van der Waals surface area contributed by atoms with Gasteiger partial charge in [0, 0.05) is 66.6 Å². The van der Waals surface area contributed by atoms with Gasteiger partial charge in [-0.15, -0.1) is 0 Å². The molecule has 1 aliphatic rings. The summed E-state index contributed by atoms with van der Waals surface area (Å²) in [4.78, 5) is 52.7. The molecule has 0 saturated carbocycles. The number of alkyl halides is 3. The molecule has 0 fully saturated rings. The smallest absolute Gasteiger partial charge is 0.361 e. The molecular weight excluding hydrogens is 739 g/mol. The van der Waals surface area contributed by atoms with Crippen LogP contribution in [-0.2, 0) is 40.1 Å². The van der Waals surface area contributed by atoms with Crippen molar-refractivity contribution in [2.24, 2.45) is 17.4 Å². The number of fused-ring (bicyclic) bond motifs is 3.